The van der Waals surface area contributed by atoms with Gasteiger partial charge in [0.1, 0.15) is 0 Å². The molecule has 0 amide bonds. The van der Waals surface area contributed by atoms with Crippen LogP contribution in [0, 0.1) is 6.92 Å². The van der Waals surface area contributed by atoms with Crippen molar-refractivity contribution in [2.75, 3.05) is 7.05 Å². The first-order valence-corrected chi connectivity index (χ1v) is 10.00. The molecule has 0 aliphatic rings. The van der Waals surface area contributed by atoms with Crippen LogP contribution in [0.4, 0.5) is 0 Å². The predicted octanol–water partition coefficient (Wildman–Crippen LogP) is 4.22. The van der Waals surface area contributed by atoms with Gasteiger partial charge in [-0.15, -0.1) is 35.3 Å². The molecule has 2 N–H and O–H groups in total. The molecule has 7 heteroatoms. The number of thiophene rings is 1. The summed E-state index contributed by atoms with van der Waals surface area (Å²) in [6, 6.07) is 13.3. The van der Waals surface area contributed by atoms with Crippen molar-refractivity contribution < 1.29 is 0 Å². The summed E-state index contributed by atoms with van der Waals surface area (Å²) >= 11 is 1.86. The Hall–Kier alpha value is -1.87. The Balaban J connectivity index is 0.00000280. The predicted molar refractivity (Wildman–Crippen MR) is 129 cm³/mol. The molecule has 0 saturated carbocycles. The fourth-order valence-corrected chi connectivity index (χ4v) is 4.01. The Morgan fingerprint density at radius 2 is 2.07 bits per heavy atom. The SMILES string of the molecule is CN=C(NCc1cccc(Cn2ccnc2)c1)NC(C)Cc1ccc(C)s1.I. The average molecular weight is 509 g/mol. The minimum atomic E-state index is 0. The van der Waals surface area contributed by atoms with Crippen LogP contribution in [-0.2, 0) is 19.5 Å². The summed E-state index contributed by atoms with van der Waals surface area (Å²) in [5.74, 6) is 0.829. The average Bonchev–Trinajstić information content (AvgIpc) is 3.30. The van der Waals surface area contributed by atoms with E-state index in [1.165, 1.54) is 20.9 Å². The van der Waals surface area contributed by atoms with E-state index in [0.717, 1.165) is 25.5 Å². The smallest absolute Gasteiger partial charge is 0.191 e. The summed E-state index contributed by atoms with van der Waals surface area (Å²) in [4.78, 5) is 11.2. The van der Waals surface area contributed by atoms with E-state index in [4.69, 9.17) is 0 Å². The van der Waals surface area contributed by atoms with Crippen LogP contribution >= 0.6 is 35.3 Å². The van der Waals surface area contributed by atoms with E-state index in [2.05, 4.69) is 75.4 Å². The third-order valence-electron chi connectivity index (χ3n) is 4.29. The minimum Gasteiger partial charge on any atom is -0.354 e. The maximum absolute atomic E-state index is 4.36. The van der Waals surface area contributed by atoms with E-state index in [1.807, 2.05) is 30.9 Å². The van der Waals surface area contributed by atoms with Gasteiger partial charge in [-0.05, 0) is 37.1 Å². The summed E-state index contributed by atoms with van der Waals surface area (Å²) in [6.07, 6.45) is 6.62. The van der Waals surface area contributed by atoms with Crippen LogP contribution in [0.15, 0.2) is 60.1 Å². The molecule has 3 aromatic rings. The van der Waals surface area contributed by atoms with E-state index < -0.39 is 0 Å². The highest BCUT2D eigenvalue weighted by Crippen LogP contribution is 2.16. The number of nitrogens with zero attached hydrogens (tertiary/aromatic N) is 3. The van der Waals surface area contributed by atoms with Crippen LogP contribution in [0.1, 0.15) is 27.8 Å². The number of hydrogen-bond acceptors (Lipinski definition) is 3. The number of imidazole rings is 1. The number of guanidine groups is 1. The fraction of sp³-hybridized carbons (Fsp3) is 0.333. The van der Waals surface area contributed by atoms with Gasteiger partial charge in [0.25, 0.3) is 0 Å². The van der Waals surface area contributed by atoms with Crippen molar-refractivity contribution in [1.29, 1.82) is 0 Å². The van der Waals surface area contributed by atoms with Crippen LogP contribution in [0.2, 0.25) is 0 Å². The molecule has 1 aromatic carbocycles. The third-order valence-corrected chi connectivity index (χ3v) is 5.31. The van der Waals surface area contributed by atoms with Gasteiger partial charge in [-0.1, -0.05) is 24.3 Å². The summed E-state index contributed by atoms with van der Waals surface area (Å²) < 4.78 is 2.07. The Morgan fingerprint density at radius 3 is 2.75 bits per heavy atom. The molecule has 3 rings (SSSR count). The molecule has 5 nitrogen and oxygen atoms in total. The number of aliphatic imine (C=N–C) groups is 1. The lowest BCUT2D eigenvalue weighted by molar-refractivity contribution is 0.645. The molecule has 150 valence electrons. The molecule has 0 radical (unpaired) electrons. The highest BCUT2D eigenvalue weighted by molar-refractivity contribution is 14.0. The van der Waals surface area contributed by atoms with Gasteiger partial charge < -0.3 is 15.2 Å². The normalized spacial score (nSPS) is 12.3. The first-order chi connectivity index (χ1) is 13.1. The number of hydrogen-bond donors (Lipinski definition) is 2. The van der Waals surface area contributed by atoms with Gasteiger partial charge in [-0.3, -0.25) is 4.99 Å². The summed E-state index contributed by atoms with van der Waals surface area (Å²) in [7, 11) is 1.81. The standard InChI is InChI=1S/C21H27N5S.HI/c1-16(11-20-8-7-17(2)27-20)25-21(22-3)24-13-18-5-4-6-19(12-18)14-26-10-9-23-15-26;/h4-10,12,15-16H,11,13-14H2,1-3H3,(H2,22,24,25);1H. The third kappa shape index (κ3) is 6.94. The largest absolute Gasteiger partial charge is 0.354 e. The monoisotopic (exact) mass is 509 g/mol. The minimum absolute atomic E-state index is 0. The second kappa shape index (κ2) is 11.2. The highest BCUT2D eigenvalue weighted by Gasteiger charge is 2.08. The first-order valence-electron chi connectivity index (χ1n) is 9.18. The van der Waals surface area contributed by atoms with Crippen molar-refractivity contribution in [3.8, 4) is 0 Å². The number of nitrogens with one attached hydrogen (secondary N) is 2. The van der Waals surface area contributed by atoms with Gasteiger partial charge in [0.15, 0.2) is 5.96 Å². The maximum Gasteiger partial charge on any atom is 0.191 e. The van der Waals surface area contributed by atoms with Crippen LogP contribution in [0.3, 0.4) is 0 Å². The number of rotatable bonds is 7. The summed E-state index contributed by atoms with van der Waals surface area (Å²) in [5.41, 5.74) is 2.49. The first kappa shape index (κ1) is 22.4. The molecule has 2 aromatic heterocycles. The highest BCUT2D eigenvalue weighted by atomic mass is 127. The van der Waals surface area contributed by atoms with Crippen LogP contribution in [-0.4, -0.2) is 28.6 Å². The van der Waals surface area contributed by atoms with Crippen molar-refractivity contribution in [3.63, 3.8) is 0 Å². The van der Waals surface area contributed by atoms with Crippen LogP contribution in [0.5, 0.6) is 0 Å². The van der Waals surface area contributed by atoms with E-state index in [0.29, 0.717) is 6.04 Å². The molecule has 0 spiro atoms. The zero-order valence-electron chi connectivity index (χ0n) is 16.6. The Bertz CT molecular complexity index is 873. The zero-order chi connectivity index (χ0) is 19.1. The number of benzene rings is 1. The van der Waals surface area contributed by atoms with E-state index in [1.54, 1.807) is 6.20 Å². The summed E-state index contributed by atoms with van der Waals surface area (Å²) in [6.45, 7) is 5.90. The van der Waals surface area contributed by atoms with Gasteiger partial charge in [-0.2, -0.15) is 0 Å². The quantitative estimate of drug-likeness (QED) is 0.285. The lowest BCUT2D eigenvalue weighted by Crippen LogP contribution is -2.42. The van der Waals surface area contributed by atoms with E-state index >= 15 is 0 Å². The Kier molecular flexibility index (Phi) is 8.98. The Labute approximate surface area is 188 Å². The van der Waals surface area contributed by atoms with Gasteiger partial charge >= 0.3 is 0 Å². The molecule has 2 heterocycles. The topological polar surface area (TPSA) is 54.2 Å². The lowest BCUT2D eigenvalue weighted by Gasteiger charge is -2.17. The van der Waals surface area contributed by atoms with E-state index in [9.17, 15) is 0 Å². The van der Waals surface area contributed by atoms with Crippen molar-refractivity contribution in [2.24, 2.45) is 4.99 Å². The fourth-order valence-electron chi connectivity index (χ4n) is 2.99. The molecule has 1 unspecified atom stereocenters. The van der Waals surface area contributed by atoms with Gasteiger partial charge in [-0.25, -0.2) is 4.98 Å². The zero-order valence-corrected chi connectivity index (χ0v) is 19.7. The number of aryl methyl sites for hydroxylation is 1. The lowest BCUT2D eigenvalue weighted by atomic mass is 10.1. The molecule has 0 fully saturated rings. The number of halogens is 1. The van der Waals surface area contributed by atoms with Crippen molar-refractivity contribution >= 4 is 41.3 Å². The second-order valence-electron chi connectivity index (χ2n) is 6.74. The molecule has 1 atom stereocenters. The van der Waals surface area contributed by atoms with Crippen LogP contribution in [0.25, 0.3) is 0 Å². The van der Waals surface area contributed by atoms with Gasteiger partial charge in [0, 0.05) is 54.7 Å². The second-order valence-corrected chi connectivity index (χ2v) is 8.12. The molecular formula is C21H28IN5S. The molecule has 0 aliphatic heterocycles. The van der Waals surface area contributed by atoms with Crippen LogP contribution < -0.4 is 10.6 Å². The summed E-state index contributed by atoms with van der Waals surface area (Å²) in [5, 5.41) is 6.90. The molecule has 0 saturated heterocycles. The van der Waals surface area contributed by atoms with Crippen molar-refractivity contribution in [3.05, 3.63) is 76.0 Å². The van der Waals surface area contributed by atoms with Gasteiger partial charge in [0.2, 0.25) is 0 Å². The molecular weight excluding hydrogens is 481 g/mol. The molecule has 0 aliphatic carbocycles. The van der Waals surface area contributed by atoms with Crippen molar-refractivity contribution in [1.82, 2.24) is 20.2 Å². The maximum atomic E-state index is 4.36. The van der Waals surface area contributed by atoms with Gasteiger partial charge in [0.05, 0.1) is 6.33 Å². The number of aromatic nitrogens is 2. The molecule has 28 heavy (non-hydrogen) atoms. The molecule has 0 bridgehead atoms. The van der Waals surface area contributed by atoms with E-state index in [-0.39, 0.29) is 24.0 Å². The Morgan fingerprint density at radius 1 is 1.25 bits per heavy atom. The van der Waals surface area contributed by atoms with Crippen molar-refractivity contribution in [2.45, 2.75) is 39.4 Å².